The molecule has 0 amide bonds. The van der Waals surface area contributed by atoms with Crippen LogP contribution in [0.15, 0.2) is 29.4 Å². The minimum atomic E-state index is -0.691. The Kier molecular flexibility index (Phi) is 6.87. The second-order valence-corrected chi connectivity index (χ2v) is 4.92. The molecule has 0 atom stereocenters. The van der Waals surface area contributed by atoms with Gasteiger partial charge in [0.25, 0.3) is 0 Å². The van der Waals surface area contributed by atoms with Gasteiger partial charge in [-0.1, -0.05) is 31.5 Å². The van der Waals surface area contributed by atoms with Gasteiger partial charge in [-0.25, -0.2) is 4.79 Å². The van der Waals surface area contributed by atoms with E-state index < -0.39 is 5.97 Å². The number of ether oxygens (including phenoxy) is 2. The van der Waals surface area contributed by atoms with Crippen molar-refractivity contribution in [1.82, 2.24) is 0 Å². The summed E-state index contributed by atoms with van der Waals surface area (Å²) in [6, 6.07) is 7.26. The highest BCUT2D eigenvalue weighted by Crippen LogP contribution is 2.18. The summed E-state index contributed by atoms with van der Waals surface area (Å²) in [5.74, 6) is 0.642. The van der Waals surface area contributed by atoms with Crippen LogP contribution in [0.5, 0.6) is 5.75 Å². The Hall–Kier alpha value is -1.75. The van der Waals surface area contributed by atoms with Crippen LogP contribution in [0, 0.1) is 5.92 Å². The normalized spacial score (nSPS) is 11.3. The Balaban J connectivity index is 2.57. The fourth-order valence-electron chi connectivity index (χ4n) is 1.31. The molecule has 110 valence electrons. The topological polar surface area (TPSA) is 59.9 Å². The number of rotatable bonds is 7. The molecule has 1 aromatic rings. The number of benzene rings is 1. The lowest BCUT2D eigenvalue weighted by Gasteiger charge is -2.09. The fourth-order valence-corrected chi connectivity index (χ4v) is 1.43. The van der Waals surface area contributed by atoms with E-state index in [0.29, 0.717) is 18.2 Å². The lowest BCUT2D eigenvalue weighted by molar-refractivity contribution is -0.132. The van der Waals surface area contributed by atoms with Gasteiger partial charge in [0.1, 0.15) is 5.75 Å². The lowest BCUT2D eigenvalue weighted by Crippen LogP contribution is -2.11. The summed E-state index contributed by atoms with van der Waals surface area (Å²) < 4.78 is 10.1. The zero-order valence-corrected chi connectivity index (χ0v) is 12.6. The fraction of sp³-hybridized carbons (Fsp3) is 0.429. The second kappa shape index (κ2) is 8.43. The number of esters is 1. The third kappa shape index (κ3) is 5.93. The van der Waals surface area contributed by atoms with Crippen LogP contribution in [0.2, 0.25) is 0 Å². The summed E-state index contributed by atoms with van der Waals surface area (Å²) in [6.45, 7) is 4.95. The number of hydrazone groups is 1. The highest BCUT2D eigenvalue weighted by atomic mass is 35.5. The first kappa shape index (κ1) is 16.3. The first-order valence-corrected chi connectivity index (χ1v) is 6.71. The Bertz CT molecular complexity index is 475. The largest absolute Gasteiger partial charge is 0.494 e. The standard InChI is InChI=1S/C14H19ClN2O3/c1-10(2)7-8-20-12-6-4-5-11(9-12)16-17-13(15)14(18)19-3/h4-6,9-10,16H,7-8H2,1-3H3. The number of halogens is 1. The van der Waals surface area contributed by atoms with Crippen molar-refractivity contribution in [2.24, 2.45) is 11.0 Å². The van der Waals surface area contributed by atoms with Crippen LogP contribution in [0.3, 0.4) is 0 Å². The van der Waals surface area contributed by atoms with Gasteiger partial charge in [-0.3, -0.25) is 5.43 Å². The lowest BCUT2D eigenvalue weighted by atomic mass is 10.1. The summed E-state index contributed by atoms with van der Waals surface area (Å²) in [4.78, 5) is 11.1. The van der Waals surface area contributed by atoms with E-state index in [2.05, 4.69) is 29.1 Å². The van der Waals surface area contributed by atoms with Crippen molar-refractivity contribution in [3.63, 3.8) is 0 Å². The Morgan fingerprint density at radius 3 is 2.85 bits per heavy atom. The SMILES string of the molecule is COC(=O)C(Cl)=NNc1cccc(OCCC(C)C)c1. The van der Waals surface area contributed by atoms with Gasteiger partial charge in [0.2, 0.25) is 5.17 Å². The van der Waals surface area contributed by atoms with Gasteiger partial charge in [0.05, 0.1) is 19.4 Å². The van der Waals surface area contributed by atoms with Crippen molar-refractivity contribution >= 4 is 28.4 Å². The number of anilines is 1. The van der Waals surface area contributed by atoms with Gasteiger partial charge in [0.15, 0.2) is 0 Å². The van der Waals surface area contributed by atoms with E-state index in [9.17, 15) is 4.79 Å². The minimum Gasteiger partial charge on any atom is -0.494 e. The number of carbonyl (C=O) groups is 1. The highest BCUT2D eigenvalue weighted by Gasteiger charge is 2.07. The molecule has 20 heavy (non-hydrogen) atoms. The summed E-state index contributed by atoms with van der Waals surface area (Å²) in [5, 5.41) is 3.45. The smallest absolute Gasteiger partial charge is 0.370 e. The zero-order valence-electron chi connectivity index (χ0n) is 11.9. The van der Waals surface area contributed by atoms with Crippen molar-refractivity contribution in [1.29, 1.82) is 0 Å². The molecule has 0 heterocycles. The Labute approximate surface area is 123 Å². The predicted molar refractivity (Wildman–Crippen MR) is 80.3 cm³/mol. The first-order chi connectivity index (χ1) is 9.52. The molecule has 0 spiro atoms. The van der Waals surface area contributed by atoms with Gasteiger partial charge in [-0.15, -0.1) is 0 Å². The highest BCUT2D eigenvalue weighted by molar-refractivity contribution is 6.82. The molecule has 0 aliphatic carbocycles. The van der Waals surface area contributed by atoms with Gasteiger partial charge in [-0.2, -0.15) is 5.10 Å². The Morgan fingerprint density at radius 2 is 2.20 bits per heavy atom. The minimum absolute atomic E-state index is 0.265. The van der Waals surface area contributed by atoms with Crippen LogP contribution in [0.25, 0.3) is 0 Å². The van der Waals surface area contributed by atoms with Crippen LogP contribution in [-0.4, -0.2) is 24.9 Å². The molecule has 0 fully saturated rings. The molecule has 1 N–H and O–H groups in total. The summed E-state index contributed by atoms with van der Waals surface area (Å²) in [5.41, 5.74) is 3.35. The molecular formula is C14H19ClN2O3. The molecule has 0 bridgehead atoms. The van der Waals surface area contributed by atoms with Crippen molar-refractivity contribution in [2.45, 2.75) is 20.3 Å². The monoisotopic (exact) mass is 298 g/mol. The number of hydrogen-bond donors (Lipinski definition) is 1. The molecule has 0 saturated carbocycles. The Morgan fingerprint density at radius 1 is 1.45 bits per heavy atom. The third-order valence-electron chi connectivity index (χ3n) is 2.43. The van der Waals surface area contributed by atoms with Gasteiger partial charge >= 0.3 is 5.97 Å². The van der Waals surface area contributed by atoms with E-state index in [1.54, 1.807) is 12.1 Å². The maximum atomic E-state index is 11.1. The third-order valence-corrected chi connectivity index (χ3v) is 2.67. The molecule has 5 nitrogen and oxygen atoms in total. The van der Waals surface area contributed by atoms with Gasteiger partial charge < -0.3 is 9.47 Å². The van der Waals surface area contributed by atoms with E-state index in [-0.39, 0.29) is 5.17 Å². The maximum absolute atomic E-state index is 11.1. The average Bonchev–Trinajstić information content (AvgIpc) is 2.44. The number of nitrogens with one attached hydrogen (secondary N) is 1. The van der Waals surface area contributed by atoms with E-state index in [1.165, 1.54) is 7.11 Å². The van der Waals surface area contributed by atoms with Crippen LogP contribution < -0.4 is 10.2 Å². The molecular weight excluding hydrogens is 280 g/mol. The van der Waals surface area contributed by atoms with Crippen molar-refractivity contribution in [2.75, 3.05) is 19.1 Å². The summed E-state index contributed by atoms with van der Waals surface area (Å²) in [6.07, 6.45) is 0.990. The van der Waals surface area contributed by atoms with Crippen molar-refractivity contribution in [3.05, 3.63) is 24.3 Å². The van der Waals surface area contributed by atoms with E-state index >= 15 is 0 Å². The van der Waals surface area contributed by atoms with Crippen LogP contribution >= 0.6 is 11.6 Å². The number of hydrogen-bond acceptors (Lipinski definition) is 5. The number of carbonyl (C=O) groups excluding carboxylic acids is 1. The molecule has 0 aliphatic rings. The molecule has 0 aliphatic heterocycles. The van der Waals surface area contributed by atoms with Crippen LogP contribution in [-0.2, 0) is 9.53 Å². The molecule has 6 heteroatoms. The summed E-state index contributed by atoms with van der Waals surface area (Å²) in [7, 11) is 1.24. The number of nitrogens with zero attached hydrogens (tertiary/aromatic N) is 1. The van der Waals surface area contributed by atoms with Crippen molar-refractivity contribution in [3.8, 4) is 5.75 Å². The number of methoxy groups -OCH3 is 1. The maximum Gasteiger partial charge on any atom is 0.370 e. The van der Waals surface area contributed by atoms with Crippen molar-refractivity contribution < 1.29 is 14.3 Å². The molecule has 1 aromatic carbocycles. The molecule has 0 aromatic heterocycles. The zero-order chi connectivity index (χ0) is 15.0. The first-order valence-electron chi connectivity index (χ1n) is 6.33. The molecule has 1 rings (SSSR count). The second-order valence-electron chi connectivity index (χ2n) is 4.56. The van der Waals surface area contributed by atoms with Crippen LogP contribution in [0.4, 0.5) is 5.69 Å². The van der Waals surface area contributed by atoms with Gasteiger partial charge in [0, 0.05) is 6.07 Å². The van der Waals surface area contributed by atoms with E-state index in [1.807, 2.05) is 12.1 Å². The molecule has 0 radical (unpaired) electrons. The summed E-state index contributed by atoms with van der Waals surface area (Å²) >= 11 is 5.62. The van der Waals surface area contributed by atoms with E-state index in [4.69, 9.17) is 16.3 Å². The average molecular weight is 299 g/mol. The quantitative estimate of drug-likeness (QED) is 0.477. The molecule has 0 saturated heterocycles. The van der Waals surface area contributed by atoms with Crippen LogP contribution in [0.1, 0.15) is 20.3 Å². The molecule has 0 unspecified atom stereocenters. The van der Waals surface area contributed by atoms with Gasteiger partial charge in [-0.05, 0) is 24.5 Å². The predicted octanol–water partition coefficient (Wildman–Crippen LogP) is 3.25. The van der Waals surface area contributed by atoms with E-state index in [0.717, 1.165) is 12.2 Å².